The Hall–Kier alpha value is -2.62. The third-order valence-electron chi connectivity index (χ3n) is 5.28. The van der Waals surface area contributed by atoms with Crippen LogP contribution < -0.4 is 15.5 Å². The molecule has 1 unspecified atom stereocenters. The van der Waals surface area contributed by atoms with E-state index in [2.05, 4.69) is 49.9 Å². The summed E-state index contributed by atoms with van der Waals surface area (Å²) in [5.41, 5.74) is 3.08. The summed E-state index contributed by atoms with van der Waals surface area (Å²) in [5, 5.41) is 11.5. The van der Waals surface area contributed by atoms with E-state index >= 15 is 0 Å². The molecule has 0 radical (unpaired) electrons. The Morgan fingerprint density at radius 3 is 2.61 bits per heavy atom. The first kappa shape index (κ1) is 23.1. The maximum atomic E-state index is 13.1. The maximum Gasteiger partial charge on any atom is 0.191 e. The number of nitrogens with one attached hydrogen (secondary N) is 2. The smallest absolute Gasteiger partial charge is 0.191 e. The molecule has 0 bridgehead atoms. The number of guanidine groups is 1. The number of aromatic nitrogens is 2. The Morgan fingerprint density at radius 1 is 1.10 bits per heavy atom. The van der Waals surface area contributed by atoms with Gasteiger partial charge in [-0.15, -0.1) is 24.0 Å². The number of anilines is 1. The fourth-order valence-corrected chi connectivity index (χ4v) is 3.68. The maximum absolute atomic E-state index is 13.1. The molecule has 1 atom stereocenters. The molecule has 1 aliphatic heterocycles. The zero-order valence-corrected chi connectivity index (χ0v) is 19.9. The number of hydrogen-bond donors (Lipinski definition) is 2. The Labute approximate surface area is 199 Å². The number of benzene rings is 2. The van der Waals surface area contributed by atoms with Gasteiger partial charge in [0.15, 0.2) is 5.96 Å². The second kappa shape index (κ2) is 11.1. The molecule has 1 saturated heterocycles. The molecule has 2 aromatic carbocycles. The molecule has 0 amide bonds. The Kier molecular flexibility index (Phi) is 8.27. The van der Waals surface area contributed by atoms with Gasteiger partial charge in [-0.05, 0) is 48.9 Å². The first-order chi connectivity index (χ1) is 14.7. The lowest BCUT2D eigenvalue weighted by atomic mass is 10.2. The molecule has 8 heteroatoms. The van der Waals surface area contributed by atoms with E-state index in [1.165, 1.54) is 17.8 Å². The molecule has 0 aliphatic carbocycles. The van der Waals surface area contributed by atoms with E-state index in [-0.39, 0.29) is 29.8 Å². The van der Waals surface area contributed by atoms with E-state index in [4.69, 9.17) is 0 Å². The molecule has 1 aromatic heterocycles. The van der Waals surface area contributed by atoms with E-state index in [9.17, 15) is 4.39 Å². The van der Waals surface area contributed by atoms with Gasteiger partial charge in [-0.2, -0.15) is 5.10 Å². The van der Waals surface area contributed by atoms with Crippen molar-refractivity contribution in [1.82, 2.24) is 20.4 Å². The first-order valence-electron chi connectivity index (χ1n) is 10.3. The van der Waals surface area contributed by atoms with Gasteiger partial charge in [-0.3, -0.25) is 4.99 Å². The largest absolute Gasteiger partial charge is 0.369 e. The molecule has 1 aliphatic rings. The average Bonchev–Trinajstić information content (AvgIpc) is 3.44. The fourth-order valence-electron chi connectivity index (χ4n) is 3.68. The summed E-state index contributed by atoms with van der Waals surface area (Å²) in [6.07, 6.45) is 3.75. The van der Waals surface area contributed by atoms with E-state index in [0.29, 0.717) is 6.04 Å². The van der Waals surface area contributed by atoms with Gasteiger partial charge < -0.3 is 15.5 Å². The van der Waals surface area contributed by atoms with Crippen LogP contribution in [0.2, 0.25) is 0 Å². The molecule has 2 heterocycles. The fraction of sp³-hybridized carbons (Fsp3) is 0.304. The number of hydrogen-bond acceptors (Lipinski definition) is 3. The zero-order chi connectivity index (χ0) is 20.8. The first-order valence-corrected chi connectivity index (χ1v) is 10.3. The Morgan fingerprint density at radius 2 is 1.87 bits per heavy atom. The van der Waals surface area contributed by atoms with Crippen LogP contribution in [-0.2, 0) is 6.42 Å². The highest BCUT2D eigenvalue weighted by molar-refractivity contribution is 14.0. The topological polar surface area (TPSA) is 57.5 Å². The van der Waals surface area contributed by atoms with Gasteiger partial charge in [0, 0.05) is 51.0 Å². The lowest BCUT2D eigenvalue weighted by molar-refractivity contribution is 0.627. The van der Waals surface area contributed by atoms with Crippen LogP contribution in [0.4, 0.5) is 10.1 Å². The molecule has 0 spiro atoms. The molecule has 1 fully saturated rings. The minimum absolute atomic E-state index is 0. The summed E-state index contributed by atoms with van der Waals surface area (Å²) in [7, 11) is 1.79. The average molecular weight is 534 g/mol. The van der Waals surface area contributed by atoms with Crippen LogP contribution in [0.15, 0.2) is 71.9 Å². The van der Waals surface area contributed by atoms with Crippen molar-refractivity contribution in [3.05, 3.63) is 78.4 Å². The SMILES string of the molecule is CN=C(NCCc1ccn(-c2ccc(F)cc2)n1)NC1CCN(c2ccccc2)C1.I. The van der Waals surface area contributed by atoms with Gasteiger partial charge in [0.25, 0.3) is 0 Å². The van der Waals surface area contributed by atoms with Gasteiger partial charge in [0.1, 0.15) is 5.82 Å². The number of aliphatic imine (C=N–C) groups is 1. The predicted molar refractivity (Wildman–Crippen MR) is 134 cm³/mol. The predicted octanol–water partition coefficient (Wildman–Crippen LogP) is 3.62. The number of rotatable bonds is 6. The summed E-state index contributed by atoms with van der Waals surface area (Å²) >= 11 is 0. The van der Waals surface area contributed by atoms with Gasteiger partial charge in [-0.25, -0.2) is 9.07 Å². The van der Waals surface area contributed by atoms with E-state index < -0.39 is 0 Å². The lowest BCUT2D eigenvalue weighted by Gasteiger charge is -2.20. The third kappa shape index (κ3) is 6.19. The van der Waals surface area contributed by atoms with Gasteiger partial charge in [0.2, 0.25) is 0 Å². The van der Waals surface area contributed by atoms with Crippen LogP contribution in [0.25, 0.3) is 5.69 Å². The normalized spacial score (nSPS) is 16.1. The summed E-state index contributed by atoms with van der Waals surface area (Å²) < 4.78 is 14.8. The van der Waals surface area contributed by atoms with E-state index in [1.54, 1.807) is 23.9 Å². The Bertz CT molecular complexity index is 973. The van der Waals surface area contributed by atoms with Crippen molar-refractivity contribution in [2.24, 2.45) is 4.99 Å². The van der Waals surface area contributed by atoms with Crippen LogP contribution in [0.3, 0.4) is 0 Å². The summed E-state index contributed by atoms with van der Waals surface area (Å²) in [6, 6.07) is 19.2. The molecule has 31 heavy (non-hydrogen) atoms. The Balaban J connectivity index is 0.00000272. The standard InChI is InChI=1S/C23H27FN6.HI/c1-25-23(27-20-12-15-29(17-20)21-5-3-2-4-6-21)26-14-11-19-13-16-30(28-19)22-9-7-18(24)8-10-22;/h2-10,13,16,20H,11-12,14-15,17H2,1H3,(H2,25,26,27);1H. The molecule has 164 valence electrons. The van der Waals surface area contributed by atoms with Crippen LogP contribution in [-0.4, -0.2) is 48.5 Å². The van der Waals surface area contributed by atoms with Crippen molar-refractivity contribution in [3.8, 4) is 5.69 Å². The van der Waals surface area contributed by atoms with Gasteiger partial charge >= 0.3 is 0 Å². The third-order valence-corrected chi connectivity index (χ3v) is 5.28. The molecule has 3 aromatic rings. The lowest BCUT2D eigenvalue weighted by Crippen LogP contribution is -2.45. The van der Waals surface area contributed by atoms with Gasteiger partial charge in [-0.1, -0.05) is 18.2 Å². The zero-order valence-electron chi connectivity index (χ0n) is 17.5. The highest BCUT2D eigenvalue weighted by Crippen LogP contribution is 2.19. The minimum Gasteiger partial charge on any atom is -0.369 e. The monoisotopic (exact) mass is 534 g/mol. The number of para-hydroxylation sites is 1. The van der Waals surface area contributed by atoms with Crippen LogP contribution in [0, 0.1) is 5.82 Å². The van der Waals surface area contributed by atoms with Crippen molar-refractivity contribution in [2.45, 2.75) is 18.9 Å². The number of nitrogens with zero attached hydrogens (tertiary/aromatic N) is 4. The van der Waals surface area contributed by atoms with E-state index in [1.807, 2.05) is 18.3 Å². The highest BCUT2D eigenvalue weighted by atomic mass is 127. The molecule has 0 saturated carbocycles. The van der Waals surface area contributed by atoms with Crippen molar-refractivity contribution in [3.63, 3.8) is 0 Å². The molecule has 6 nitrogen and oxygen atoms in total. The van der Waals surface area contributed by atoms with Crippen LogP contribution >= 0.6 is 24.0 Å². The van der Waals surface area contributed by atoms with Crippen LogP contribution in [0.1, 0.15) is 12.1 Å². The summed E-state index contributed by atoms with van der Waals surface area (Å²) in [6.45, 7) is 2.74. The minimum atomic E-state index is -0.247. The second-order valence-electron chi connectivity index (χ2n) is 7.39. The van der Waals surface area contributed by atoms with Crippen molar-refractivity contribution < 1.29 is 4.39 Å². The molecular weight excluding hydrogens is 506 g/mol. The van der Waals surface area contributed by atoms with Crippen molar-refractivity contribution >= 4 is 35.6 Å². The second-order valence-corrected chi connectivity index (χ2v) is 7.39. The molecule has 2 N–H and O–H groups in total. The molecule has 4 rings (SSSR count). The summed E-state index contributed by atoms with van der Waals surface area (Å²) in [4.78, 5) is 6.75. The number of halogens is 2. The van der Waals surface area contributed by atoms with E-state index in [0.717, 1.165) is 49.8 Å². The van der Waals surface area contributed by atoms with Gasteiger partial charge in [0.05, 0.1) is 11.4 Å². The molecular formula is C23H28FIN6. The van der Waals surface area contributed by atoms with Crippen LogP contribution in [0.5, 0.6) is 0 Å². The highest BCUT2D eigenvalue weighted by Gasteiger charge is 2.23. The van der Waals surface area contributed by atoms with Crippen molar-refractivity contribution in [2.75, 3.05) is 31.6 Å². The summed E-state index contributed by atoms with van der Waals surface area (Å²) in [5.74, 6) is 0.566. The quantitative estimate of drug-likeness (QED) is 0.288. The van der Waals surface area contributed by atoms with Crippen molar-refractivity contribution in [1.29, 1.82) is 0 Å².